The minimum atomic E-state index is -2.98. The molecule has 28 heavy (non-hydrogen) atoms. The molecule has 1 aromatic carbocycles. The molecule has 0 spiro atoms. The number of sulfone groups is 1. The first-order valence-electron chi connectivity index (χ1n) is 9.45. The monoisotopic (exact) mass is 405 g/mol. The molecule has 1 atom stereocenters. The molecule has 2 aromatic rings. The Balaban J connectivity index is 1.75. The zero-order valence-electron chi connectivity index (χ0n) is 16.8. The fourth-order valence-electron chi connectivity index (χ4n) is 3.64. The molecule has 1 aliphatic rings. The summed E-state index contributed by atoms with van der Waals surface area (Å²) in [6.07, 6.45) is 0.588. The van der Waals surface area contributed by atoms with Gasteiger partial charge in [0.2, 0.25) is 0 Å². The molecule has 3 rings (SSSR count). The highest BCUT2D eigenvalue weighted by atomic mass is 32.2. The quantitative estimate of drug-likeness (QED) is 0.738. The summed E-state index contributed by atoms with van der Waals surface area (Å²) < 4.78 is 30.8. The van der Waals surface area contributed by atoms with Crippen LogP contribution in [0.2, 0.25) is 0 Å². The molecule has 0 saturated carbocycles. The Hall–Kier alpha value is -2.35. The number of amides is 1. The van der Waals surface area contributed by atoms with Gasteiger partial charge in [0.1, 0.15) is 5.75 Å². The van der Waals surface area contributed by atoms with Gasteiger partial charge in [-0.15, -0.1) is 0 Å². The highest BCUT2D eigenvalue weighted by Crippen LogP contribution is 2.27. The molecule has 0 N–H and O–H groups in total. The number of aromatic nitrogens is 2. The SMILES string of the molecule is CCOc1ccc(C(=O)N(C)Cc2c(C)nn(C3CCS(=O)(=O)C3)c2C)cc1. The van der Waals surface area contributed by atoms with Crippen molar-refractivity contribution >= 4 is 15.7 Å². The van der Waals surface area contributed by atoms with E-state index in [4.69, 9.17) is 4.74 Å². The second-order valence-corrected chi connectivity index (χ2v) is 9.50. The molecule has 1 aliphatic heterocycles. The molecule has 7 nitrogen and oxygen atoms in total. The van der Waals surface area contributed by atoms with Crippen LogP contribution in [0.5, 0.6) is 5.75 Å². The number of aryl methyl sites for hydroxylation is 1. The van der Waals surface area contributed by atoms with Crippen molar-refractivity contribution in [2.75, 3.05) is 25.2 Å². The molecule has 1 unspecified atom stereocenters. The summed E-state index contributed by atoms with van der Waals surface area (Å²) in [4.78, 5) is 14.4. The third-order valence-electron chi connectivity index (χ3n) is 5.18. The minimum Gasteiger partial charge on any atom is -0.494 e. The molecular weight excluding hydrogens is 378 g/mol. The summed E-state index contributed by atoms with van der Waals surface area (Å²) in [7, 11) is -1.22. The van der Waals surface area contributed by atoms with E-state index in [1.54, 1.807) is 36.2 Å². The Kier molecular flexibility index (Phi) is 5.79. The van der Waals surface area contributed by atoms with Crippen LogP contribution < -0.4 is 4.74 Å². The van der Waals surface area contributed by atoms with Gasteiger partial charge in [-0.05, 0) is 51.5 Å². The lowest BCUT2D eigenvalue weighted by Gasteiger charge is -2.18. The van der Waals surface area contributed by atoms with Crippen LogP contribution in [-0.4, -0.2) is 54.2 Å². The van der Waals surface area contributed by atoms with Crippen molar-refractivity contribution in [1.29, 1.82) is 0 Å². The third kappa shape index (κ3) is 4.22. The lowest BCUT2D eigenvalue weighted by atomic mass is 10.1. The number of rotatable bonds is 6. The fraction of sp³-hybridized carbons (Fsp3) is 0.500. The summed E-state index contributed by atoms with van der Waals surface area (Å²) >= 11 is 0. The maximum Gasteiger partial charge on any atom is 0.253 e. The second kappa shape index (κ2) is 7.95. The van der Waals surface area contributed by atoms with Crippen molar-refractivity contribution in [2.45, 2.75) is 39.8 Å². The van der Waals surface area contributed by atoms with Gasteiger partial charge in [0.25, 0.3) is 5.91 Å². The zero-order chi connectivity index (χ0) is 20.5. The Morgan fingerprint density at radius 3 is 2.54 bits per heavy atom. The first-order chi connectivity index (χ1) is 13.2. The van der Waals surface area contributed by atoms with Crippen LogP contribution in [-0.2, 0) is 16.4 Å². The van der Waals surface area contributed by atoms with Crippen LogP contribution in [0.1, 0.15) is 46.7 Å². The molecule has 0 radical (unpaired) electrons. The smallest absolute Gasteiger partial charge is 0.253 e. The van der Waals surface area contributed by atoms with Crippen molar-refractivity contribution in [3.05, 3.63) is 46.8 Å². The van der Waals surface area contributed by atoms with Crippen LogP contribution >= 0.6 is 0 Å². The summed E-state index contributed by atoms with van der Waals surface area (Å²) in [6.45, 7) is 6.76. The van der Waals surface area contributed by atoms with E-state index in [9.17, 15) is 13.2 Å². The van der Waals surface area contributed by atoms with E-state index in [-0.39, 0.29) is 23.5 Å². The molecular formula is C20H27N3O4S. The first kappa shape index (κ1) is 20.4. The van der Waals surface area contributed by atoms with E-state index >= 15 is 0 Å². The maximum atomic E-state index is 12.8. The highest BCUT2D eigenvalue weighted by molar-refractivity contribution is 7.91. The van der Waals surface area contributed by atoms with Crippen molar-refractivity contribution < 1.29 is 17.9 Å². The summed E-state index contributed by atoms with van der Waals surface area (Å²) in [6, 6.07) is 6.98. The largest absolute Gasteiger partial charge is 0.494 e. The number of carbonyl (C=O) groups excluding carboxylic acids is 1. The van der Waals surface area contributed by atoms with Gasteiger partial charge in [-0.25, -0.2) is 8.42 Å². The Labute approximate surface area is 166 Å². The van der Waals surface area contributed by atoms with E-state index < -0.39 is 9.84 Å². The number of hydrogen-bond donors (Lipinski definition) is 0. The number of carbonyl (C=O) groups is 1. The van der Waals surface area contributed by atoms with Gasteiger partial charge in [0.15, 0.2) is 9.84 Å². The third-order valence-corrected chi connectivity index (χ3v) is 6.93. The number of benzene rings is 1. The standard InChI is InChI=1S/C20H27N3O4S/c1-5-27-18-8-6-16(7-9-18)20(24)22(4)12-19-14(2)21-23(15(19)3)17-10-11-28(25,26)13-17/h6-9,17H,5,10-13H2,1-4H3. The van der Waals surface area contributed by atoms with Crippen LogP contribution in [0.4, 0.5) is 0 Å². The Morgan fingerprint density at radius 2 is 1.96 bits per heavy atom. The fourth-order valence-corrected chi connectivity index (χ4v) is 5.33. The van der Waals surface area contributed by atoms with Crippen molar-refractivity contribution in [3.63, 3.8) is 0 Å². The van der Waals surface area contributed by atoms with Gasteiger partial charge in [-0.2, -0.15) is 5.10 Å². The first-order valence-corrected chi connectivity index (χ1v) is 11.3. The molecule has 1 amide bonds. The summed E-state index contributed by atoms with van der Waals surface area (Å²) in [5, 5.41) is 4.57. The van der Waals surface area contributed by atoms with E-state index in [2.05, 4.69) is 5.10 Å². The molecule has 1 aromatic heterocycles. The van der Waals surface area contributed by atoms with E-state index in [0.29, 0.717) is 25.1 Å². The lowest BCUT2D eigenvalue weighted by Crippen LogP contribution is -2.26. The van der Waals surface area contributed by atoms with Crippen LogP contribution in [0.15, 0.2) is 24.3 Å². The molecule has 8 heteroatoms. The van der Waals surface area contributed by atoms with Crippen LogP contribution in [0, 0.1) is 13.8 Å². The maximum absolute atomic E-state index is 12.8. The molecule has 0 aliphatic carbocycles. The number of nitrogens with zero attached hydrogens (tertiary/aromatic N) is 3. The highest BCUT2D eigenvalue weighted by Gasteiger charge is 2.31. The average Bonchev–Trinajstić information content (AvgIpc) is 3.15. The van der Waals surface area contributed by atoms with E-state index in [1.165, 1.54) is 0 Å². The summed E-state index contributed by atoms with van der Waals surface area (Å²) in [5.41, 5.74) is 3.31. The van der Waals surface area contributed by atoms with Crippen molar-refractivity contribution in [1.82, 2.24) is 14.7 Å². The van der Waals surface area contributed by atoms with Gasteiger partial charge in [-0.3, -0.25) is 9.48 Å². The van der Waals surface area contributed by atoms with E-state index in [0.717, 1.165) is 22.7 Å². The molecule has 2 heterocycles. The lowest BCUT2D eigenvalue weighted by molar-refractivity contribution is 0.0784. The Bertz CT molecular complexity index is 964. The normalized spacial score (nSPS) is 18.2. The van der Waals surface area contributed by atoms with Crippen molar-refractivity contribution in [2.24, 2.45) is 0 Å². The molecule has 152 valence electrons. The Morgan fingerprint density at radius 1 is 1.29 bits per heavy atom. The van der Waals surface area contributed by atoms with Crippen molar-refractivity contribution in [3.8, 4) is 5.75 Å². The number of ether oxygens (including phenoxy) is 1. The van der Waals surface area contributed by atoms with Gasteiger partial charge in [-0.1, -0.05) is 0 Å². The van der Waals surface area contributed by atoms with Gasteiger partial charge in [0, 0.05) is 30.4 Å². The minimum absolute atomic E-state index is 0.0851. The van der Waals surface area contributed by atoms with Gasteiger partial charge < -0.3 is 9.64 Å². The van der Waals surface area contributed by atoms with Crippen LogP contribution in [0.3, 0.4) is 0 Å². The predicted octanol–water partition coefficient (Wildman–Crippen LogP) is 2.53. The molecule has 1 saturated heterocycles. The van der Waals surface area contributed by atoms with Gasteiger partial charge >= 0.3 is 0 Å². The average molecular weight is 406 g/mol. The second-order valence-electron chi connectivity index (χ2n) is 7.27. The van der Waals surface area contributed by atoms with Crippen LogP contribution in [0.25, 0.3) is 0 Å². The topological polar surface area (TPSA) is 81.5 Å². The summed E-state index contributed by atoms with van der Waals surface area (Å²) in [5.74, 6) is 0.996. The zero-order valence-corrected chi connectivity index (χ0v) is 17.6. The predicted molar refractivity (Wildman–Crippen MR) is 107 cm³/mol. The molecule has 0 bridgehead atoms. The molecule has 1 fully saturated rings. The van der Waals surface area contributed by atoms with E-state index in [1.807, 2.05) is 25.5 Å². The van der Waals surface area contributed by atoms with Gasteiger partial charge in [0.05, 0.1) is 29.8 Å². The number of hydrogen-bond acceptors (Lipinski definition) is 5.